The smallest absolute Gasteiger partial charge is 0.351 e. The second-order valence-corrected chi connectivity index (χ2v) is 13.0. The first-order valence-electron chi connectivity index (χ1n) is 11.1. The van der Waals surface area contributed by atoms with E-state index in [1.54, 1.807) is 13.8 Å². The van der Waals surface area contributed by atoms with Crippen molar-refractivity contribution in [2.24, 2.45) is 0 Å². The summed E-state index contributed by atoms with van der Waals surface area (Å²) in [5.74, 6) is -3.01. The van der Waals surface area contributed by atoms with Crippen molar-refractivity contribution in [3.8, 4) is 0 Å². The van der Waals surface area contributed by atoms with E-state index in [2.05, 4.69) is 15.6 Å². The van der Waals surface area contributed by atoms with Crippen LogP contribution in [0.15, 0.2) is 17.1 Å². The van der Waals surface area contributed by atoms with Gasteiger partial charge in [0, 0.05) is 26.6 Å². The Morgan fingerprint density at radius 2 is 1.78 bits per heavy atom. The van der Waals surface area contributed by atoms with Crippen LogP contribution in [-0.2, 0) is 42.0 Å². The summed E-state index contributed by atoms with van der Waals surface area (Å²) in [5.41, 5.74) is -0.754. The summed E-state index contributed by atoms with van der Waals surface area (Å²) < 4.78 is 53.2. The fraction of sp³-hybridized carbons (Fsp3) is 0.684. The van der Waals surface area contributed by atoms with Gasteiger partial charge >= 0.3 is 20.9 Å². The van der Waals surface area contributed by atoms with E-state index in [4.69, 9.17) is 23.3 Å². The van der Waals surface area contributed by atoms with Crippen molar-refractivity contribution in [3.63, 3.8) is 0 Å². The van der Waals surface area contributed by atoms with E-state index in [1.807, 2.05) is 0 Å². The zero-order valence-electron chi connectivity index (χ0n) is 20.6. The van der Waals surface area contributed by atoms with Gasteiger partial charge in [-0.1, -0.05) is 0 Å². The number of hydrogen-bond acceptors (Lipinski definition) is 11. The molecule has 4 N–H and O–H groups in total. The van der Waals surface area contributed by atoms with Gasteiger partial charge in [-0.15, -0.1) is 0 Å². The molecule has 0 saturated carbocycles. The van der Waals surface area contributed by atoms with Gasteiger partial charge in [0.2, 0.25) is 11.8 Å². The molecular weight excluding hydrogens is 538 g/mol. The number of nitrogens with one attached hydrogen (secondary N) is 2. The van der Waals surface area contributed by atoms with Gasteiger partial charge in [-0.3, -0.25) is 23.3 Å². The summed E-state index contributed by atoms with van der Waals surface area (Å²) in [6.45, 7) is 4.84. The van der Waals surface area contributed by atoms with E-state index in [-0.39, 0.29) is 24.9 Å². The lowest BCUT2D eigenvalue weighted by molar-refractivity contribution is -0.199. The molecule has 6 atom stereocenters. The average molecular weight is 568 g/mol. The third-order valence-electron chi connectivity index (χ3n) is 5.10. The molecule has 16 nitrogen and oxygen atoms in total. The summed E-state index contributed by atoms with van der Waals surface area (Å²) >= 11 is 0. The first-order chi connectivity index (χ1) is 17.1. The number of hydrogen-bond donors (Lipinski definition) is 4. The minimum atomic E-state index is -4.65. The van der Waals surface area contributed by atoms with Crippen LogP contribution in [0.2, 0.25) is 0 Å². The number of ether oxygens (including phenoxy) is 3. The molecule has 2 saturated heterocycles. The van der Waals surface area contributed by atoms with Crippen molar-refractivity contribution in [1.82, 2.24) is 14.9 Å². The molecule has 3 heterocycles. The van der Waals surface area contributed by atoms with Crippen molar-refractivity contribution in [1.29, 1.82) is 0 Å². The molecule has 2 amide bonds. The Bertz CT molecular complexity index is 1170. The first-order valence-corrected chi connectivity index (χ1v) is 14.7. The molecule has 0 aliphatic carbocycles. The molecule has 3 rings (SSSR count). The fourth-order valence-electron chi connectivity index (χ4n) is 3.79. The van der Waals surface area contributed by atoms with Gasteiger partial charge < -0.3 is 43.7 Å². The highest BCUT2D eigenvalue weighted by Crippen LogP contribution is 2.58. The normalized spacial score (nSPS) is 27.6. The van der Waals surface area contributed by atoms with E-state index in [0.717, 1.165) is 4.57 Å². The molecule has 1 aromatic heterocycles. The van der Waals surface area contributed by atoms with Gasteiger partial charge in [-0.25, -0.2) is 4.79 Å². The minimum Gasteiger partial charge on any atom is -0.354 e. The van der Waals surface area contributed by atoms with Crippen LogP contribution in [0, 0.1) is 0 Å². The predicted octanol–water partition coefficient (Wildman–Crippen LogP) is 0.117. The van der Waals surface area contributed by atoms with Crippen LogP contribution in [0.1, 0.15) is 33.9 Å². The van der Waals surface area contributed by atoms with Crippen molar-refractivity contribution >= 4 is 32.8 Å². The van der Waals surface area contributed by atoms with E-state index in [0.29, 0.717) is 0 Å². The Hall–Kier alpha value is -2.00. The molecule has 0 aromatic carbocycles. The summed E-state index contributed by atoms with van der Waals surface area (Å²) in [7, 11) is -9.18. The maximum absolute atomic E-state index is 12.6. The number of amides is 2. The van der Waals surface area contributed by atoms with Crippen molar-refractivity contribution in [2.45, 2.75) is 58.0 Å². The van der Waals surface area contributed by atoms with Crippen molar-refractivity contribution in [3.05, 3.63) is 22.7 Å². The van der Waals surface area contributed by atoms with E-state index >= 15 is 0 Å². The van der Waals surface area contributed by atoms with Gasteiger partial charge in [-0.2, -0.15) is 4.98 Å². The fourth-order valence-corrected chi connectivity index (χ4v) is 7.00. The van der Waals surface area contributed by atoms with Crippen molar-refractivity contribution < 1.29 is 51.8 Å². The molecule has 208 valence electrons. The molecule has 18 heteroatoms. The third-order valence-corrected chi connectivity index (χ3v) is 9.10. The van der Waals surface area contributed by atoms with Crippen LogP contribution >= 0.6 is 15.2 Å². The molecule has 0 radical (unpaired) electrons. The topological polar surface area (TPSA) is 214 Å². The Morgan fingerprint density at radius 3 is 2.41 bits per heavy atom. The summed E-state index contributed by atoms with van der Waals surface area (Å²) in [5, 5.41) is 4.75. The average Bonchev–Trinajstić information content (AvgIpc) is 3.22. The van der Waals surface area contributed by atoms with Crippen LogP contribution in [0.5, 0.6) is 0 Å². The Balaban J connectivity index is 1.67. The van der Waals surface area contributed by atoms with E-state index in [1.165, 1.54) is 26.1 Å². The van der Waals surface area contributed by atoms with Gasteiger partial charge in [0.1, 0.15) is 24.1 Å². The van der Waals surface area contributed by atoms with E-state index < -0.39 is 69.6 Å². The van der Waals surface area contributed by atoms with E-state index in [9.17, 15) is 33.3 Å². The first kappa shape index (κ1) is 29.6. The van der Waals surface area contributed by atoms with Crippen LogP contribution in [-0.4, -0.2) is 80.9 Å². The van der Waals surface area contributed by atoms with Gasteiger partial charge in [0.05, 0.1) is 13.2 Å². The number of carbonyl (C=O) groups excluding carboxylic acids is 2. The lowest BCUT2D eigenvalue weighted by Gasteiger charge is -2.25. The lowest BCUT2D eigenvalue weighted by atomic mass is 10.1. The number of carbonyl (C=O) groups is 2. The number of anilines is 1. The highest BCUT2D eigenvalue weighted by molar-refractivity contribution is 7.70. The van der Waals surface area contributed by atoms with Crippen LogP contribution in [0.3, 0.4) is 0 Å². The Labute approximate surface area is 211 Å². The lowest BCUT2D eigenvalue weighted by Crippen LogP contribution is -2.35. The molecular formula is C19H30N4O12P2. The zero-order valence-corrected chi connectivity index (χ0v) is 22.3. The molecule has 1 aromatic rings. The van der Waals surface area contributed by atoms with Gasteiger partial charge in [-0.05, 0) is 19.9 Å². The number of aromatic nitrogens is 2. The highest BCUT2D eigenvalue weighted by Gasteiger charge is 2.56. The molecule has 2 fully saturated rings. The largest absolute Gasteiger partial charge is 0.354 e. The second kappa shape index (κ2) is 11.4. The summed E-state index contributed by atoms with van der Waals surface area (Å²) in [6.07, 6.45) is -2.35. The predicted molar refractivity (Wildman–Crippen MR) is 126 cm³/mol. The maximum atomic E-state index is 12.6. The van der Waals surface area contributed by atoms with Gasteiger partial charge in [0.15, 0.2) is 17.9 Å². The second-order valence-electron chi connectivity index (χ2n) is 8.84. The third kappa shape index (κ3) is 8.24. The van der Waals surface area contributed by atoms with Gasteiger partial charge in [0.25, 0.3) is 0 Å². The molecule has 37 heavy (non-hydrogen) atoms. The quantitative estimate of drug-likeness (QED) is 0.206. The molecule has 2 aliphatic rings. The molecule has 0 bridgehead atoms. The maximum Gasteiger partial charge on any atom is 0.351 e. The van der Waals surface area contributed by atoms with Crippen LogP contribution in [0.4, 0.5) is 5.82 Å². The zero-order chi connectivity index (χ0) is 27.6. The molecule has 0 spiro atoms. The van der Waals surface area contributed by atoms with Crippen LogP contribution in [0.25, 0.3) is 0 Å². The minimum absolute atomic E-state index is 0.0426. The number of rotatable bonds is 11. The molecule has 2 aliphatic heterocycles. The molecule has 2 unspecified atom stereocenters. The summed E-state index contributed by atoms with van der Waals surface area (Å²) in [4.78, 5) is 58.5. The Kier molecular flexibility index (Phi) is 9.10. The SMILES string of the molecule is CC(=O)NCCOP(=O)(O)CP(=O)(O)OC[C@H]1O[C@@H](n2ccc(NC(C)=O)nc2=O)[C@@H]2OC(C)(C)O[C@@H]21. The Morgan fingerprint density at radius 1 is 1.14 bits per heavy atom. The number of nitrogens with zero attached hydrogens (tertiary/aromatic N) is 2. The summed E-state index contributed by atoms with van der Waals surface area (Å²) in [6, 6.07) is 1.39. The standard InChI is InChI=1S/C19H30N4O12P2/c1-11(24)20-6-8-31-36(27,28)10-37(29,30)32-9-13-15-16(35-19(3,4)34-15)17(33-13)23-7-5-14(21-12(2)25)22-18(23)26/h5,7,13,15-17H,6,8-10H2,1-4H3,(H,20,24)(H,27,28)(H,29,30)(H,21,22,25,26)/t13-,15-,16-,17-/m1/s1. The monoisotopic (exact) mass is 568 g/mol. The van der Waals surface area contributed by atoms with Crippen molar-refractivity contribution in [2.75, 3.05) is 31.0 Å². The number of fused-ring (bicyclic) bond motifs is 1. The highest BCUT2D eigenvalue weighted by atomic mass is 31.2. The van der Waals surface area contributed by atoms with Crippen LogP contribution < -0.4 is 16.3 Å².